The molecule has 0 aliphatic heterocycles. The monoisotopic (exact) mass is 347 g/mol. The van der Waals surface area contributed by atoms with E-state index in [4.69, 9.17) is 0 Å². The van der Waals surface area contributed by atoms with Crippen molar-refractivity contribution < 1.29 is 4.79 Å². The lowest BCUT2D eigenvalue weighted by atomic mass is 10.1. The Bertz CT molecular complexity index is 391. The first-order valence-electron chi connectivity index (χ1n) is 5.13. The molecule has 0 fully saturated rings. The van der Waals surface area contributed by atoms with E-state index in [0.717, 1.165) is 15.7 Å². The van der Waals surface area contributed by atoms with Crippen LogP contribution in [0, 0.1) is 12.8 Å². The minimum absolute atomic E-state index is 0.00352. The van der Waals surface area contributed by atoms with Gasteiger partial charge in [-0.15, -0.1) is 0 Å². The second-order valence-electron chi connectivity index (χ2n) is 4.09. The van der Waals surface area contributed by atoms with Gasteiger partial charge in [-0.05, 0) is 30.5 Å². The normalized spacial score (nSPS) is 12.6. The maximum absolute atomic E-state index is 11.8. The summed E-state index contributed by atoms with van der Waals surface area (Å²) in [5, 5.41) is 2.92. The Morgan fingerprint density at radius 1 is 1.38 bits per heavy atom. The number of carbonyl (C=O) groups is 1. The summed E-state index contributed by atoms with van der Waals surface area (Å²) >= 11 is 6.77. The molecule has 1 unspecified atom stereocenters. The van der Waals surface area contributed by atoms with Crippen LogP contribution in [0.5, 0.6) is 0 Å². The van der Waals surface area contributed by atoms with Crippen LogP contribution in [0.25, 0.3) is 0 Å². The number of benzene rings is 1. The van der Waals surface area contributed by atoms with Crippen molar-refractivity contribution in [3.8, 4) is 0 Å². The number of carbonyl (C=O) groups excluding carboxylic acids is 1. The topological polar surface area (TPSA) is 29.1 Å². The lowest BCUT2D eigenvalue weighted by molar-refractivity contribution is -0.116. The molecule has 0 aliphatic rings. The molecule has 0 aromatic heterocycles. The van der Waals surface area contributed by atoms with Crippen LogP contribution in [0.1, 0.15) is 19.4 Å². The van der Waals surface area contributed by atoms with Gasteiger partial charge in [0.05, 0.1) is 4.83 Å². The lowest BCUT2D eigenvalue weighted by Crippen LogP contribution is -2.27. The molecule has 0 saturated heterocycles. The number of aryl methyl sites for hydroxylation is 1. The zero-order valence-corrected chi connectivity index (χ0v) is 12.7. The predicted octanol–water partition coefficient (Wildman–Crippen LogP) is 4.12. The van der Waals surface area contributed by atoms with Crippen molar-refractivity contribution in [1.82, 2.24) is 0 Å². The van der Waals surface area contributed by atoms with Crippen molar-refractivity contribution in [2.75, 3.05) is 5.32 Å². The van der Waals surface area contributed by atoms with Gasteiger partial charge in [-0.25, -0.2) is 0 Å². The molecule has 1 rings (SSSR count). The number of hydrogen-bond donors (Lipinski definition) is 1. The molecule has 0 radical (unpaired) electrons. The number of amides is 1. The van der Waals surface area contributed by atoms with Crippen molar-refractivity contribution in [2.45, 2.75) is 25.6 Å². The lowest BCUT2D eigenvalue weighted by Gasteiger charge is -2.15. The molecule has 2 nitrogen and oxygen atoms in total. The first kappa shape index (κ1) is 13.7. The Morgan fingerprint density at radius 2 is 2.00 bits per heavy atom. The van der Waals surface area contributed by atoms with Crippen LogP contribution in [0.15, 0.2) is 22.7 Å². The highest BCUT2D eigenvalue weighted by Crippen LogP contribution is 2.22. The third-order valence-electron chi connectivity index (χ3n) is 2.29. The number of halogens is 2. The van der Waals surface area contributed by atoms with Gasteiger partial charge >= 0.3 is 0 Å². The van der Waals surface area contributed by atoms with Gasteiger partial charge in [-0.3, -0.25) is 4.79 Å². The van der Waals surface area contributed by atoms with E-state index in [1.54, 1.807) is 0 Å². The molecule has 0 heterocycles. The minimum atomic E-state index is -0.161. The maximum atomic E-state index is 11.8. The largest absolute Gasteiger partial charge is 0.325 e. The fourth-order valence-electron chi connectivity index (χ4n) is 1.23. The quantitative estimate of drug-likeness (QED) is 0.818. The standard InChI is InChI=1S/C12H15Br2NO/c1-7(2)11(14)12(16)15-10-6-9(13)5-4-8(10)3/h4-7,11H,1-3H3,(H,15,16). The van der Waals surface area contributed by atoms with E-state index >= 15 is 0 Å². The van der Waals surface area contributed by atoms with Gasteiger partial charge in [0, 0.05) is 10.2 Å². The molecule has 0 spiro atoms. The molecule has 88 valence electrons. The summed E-state index contributed by atoms with van der Waals surface area (Å²) in [5.74, 6) is 0.267. The molecule has 1 atom stereocenters. The maximum Gasteiger partial charge on any atom is 0.238 e. The highest BCUT2D eigenvalue weighted by molar-refractivity contribution is 9.10. The van der Waals surface area contributed by atoms with Gasteiger partial charge in [-0.2, -0.15) is 0 Å². The van der Waals surface area contributed by atoms with Crippen molar-refractivity contribution in [2.24, 2.45) is 5.92 Å². The third kappa shape index (κ3) is 3.59. The Labute approximate surface area is 113 Å². The smallest absolute Gasteiger partial charge is 0.238 e. The fourth-order valence-corrected chi connectivity index (χ4v) is 1.71. The summed E-state index contributed by atoms with van der Waals surface area (Å²) in [6.45, 7) is 5.99. The second kappa shape index (κ2) is 5.82. The van der Waals surface area contributed by atoms with Gasteiger partial charge in [0.2, 0.25) is 5.91 Å². The molecule has 0 bridgehead atoms. The molecular formula is C12H15Br2NO. The minimum Gasteiger partial charge on any atom is -0.325 e. The van der Waals surface area contributed by atoms with E-state index in [9.17, 15) is 4.79 Å². The Morgan fingerprint density at radius 3 is 2.56 bits per heavy atom. The Balaban J connectivity index is 2.80. The number of alkyl halides is 1. The molecule has 16 heavy (non-hydrogen) atoms. The number of hydrogen-bond acceptors (Lipinski definition) is 1. The van der Waals surface area contributed by atoms with E-state index < -0.39 is 0 Å². The summed E-state index contributed by atoms with van der Waals surface area (Å²) in [4.78, 5) is 11.7. The van der Waals surface area contributed by atoms with Crippen molar-refractivity contribution in [3.05, 3.63) is 28.2 Å². The van der Waals surface area contributed by atoms with Gasteiger partial charge < -0.3 is 5.32 Å². The van der Waals surface area contributed by atoms with E-state index in [2.05, 4.69) is 37.2 Å². The summed E-state index contributed by atoms with van der Waals surface area (Å²) < 4.78 is 0.962. The molecule has 1 aromatic rings. The van der Waals surface area contributed by atoms with Crippen LogP contribution in [-0.4, -0.2) is 10.7 Å². The van der Waals surface area contributed by atoms with Crippen LogP contribution in [0.3, 0.4) is 0 Å². The average molecular weight is 349 g/mol. The first-order chi connectivity index (χ1) is 7.41. The van der Waals surface area contributed by atoms with Crippen LogP contribution in [0.4, 0.5) is 5.69 Å². The molecule has 1 amide bonds. The van der Waals surface area contributed by atoms with Crippen molar-refractivity contribution in [1.29, 1.82) is 0 Å². The molecule has 0 aliphatic carbocycles. The van der Waals surface area contributed by atoms with Gasteiger partial charge in [0.25, 0.3) is 0 Å². The zero-order chi connectivity index (χ0) is 12.3. The van der Waals surface area contributed by atoms with Crippen LogP contribution >= 0.6 is 31.9 Å². The zero-order valence-electron chi connectivity index (χ0n) is 9.55. The van der Waals surface area contributed by atoms with Crippen molar-refractivity contribution >= 4 is 43.5 Å². The number of rotatable bonds is 3. The van der Waals surface area contributed by atoms with Crippen LogP contribution in [-0.2, 0) is 4.79 Å². The molecule has 4 heteroatoms. The van der Waals surface area contributed by atoms with Crippen LogP contribution < -0.4 is 5.32 Å². The van der Waals surface area contributed by atoms with Crippen LogP contribution in [0.2, 0.25) is 0 Å². The summed E-state index contributed by atoms with van der Waals surface area (Å²) in [6, 6.07) is 5.84. The van der Waals surface area contributed by atoms with Crippen molar-refractivity contribution in [3.63, 3.8) is 0 Å². The summed E-state index contributed by atoms with van der Waals surface area (Å²) in [6.07, 6.45) is 0. The second-order valence-corrected chi connectivity index (χ2v) is 6.00. The first-order valence-corrected chi connectivity index (χ1v) is 6.83. The molecular weight excluding hydrogens is 334 g/mol. The van der Waals surface area contributed by atoms with E-state index in [0.29, 0.717) is 0 Å². The number of nitrogens with one attached hydrogen (secondary N) is 1. The van der Waals surface area contributed by atoms with Gasteiger partial charge in [0.15, 0.2) is 0 Å². The summed E-state index contributed by atoms with van der Waals surface area (Å²) in [5.41, 5.74) is 1.91. The summed E-state index contributed by atoms with van der Waals surface area (Å²) in [7, 11) is 0. The SMILES string of the molecule is Cc1ccc(Br)cc1NC(=O)C(Br)C(C)C. The fraction of sp³-hybridized carbons (Fsp3) is 0.417. The van der Waals surface area contributed by atoms with E-state index in [-0.39, 0.29) is 16.7 Å². The molecule has 1 aromatic carbocycles. The van der Waals surface area contributed by atoms with E-state index in [1.807, 2.05) is 39.0 Å². The predicted molar refractivity (Wildman–Crippen MR) is 75.1 cm³/mol. The highest BCUT2D eigenvalue weighted by atomic mass is 79.9. The van der Waals surface area contributed by atoms with E-state index in [1.165, 1.54) is 0 Å². The average Bonchev–Trinajstić information content (AvgIpc) is 2.22. The van der Waals surface area contributed by atoms with Gasteiger partial charge in [-0.1, -0.05) is 51.8 Å². The van der Waals surface area contributed by atoms with Gasteiger partial charge in [0.1, 0.15) is 0 Å². The third-order valence-corrected chi connectivity index (χ3v) is 4.26. The Hall–Kier alpha value is -0.350. The Kier molecular flexibility index (Phi) is 4.99. The number of anilines is 1. The highest BCUT2D eigenvalue weighted by Gasteiger charge is 2.19. The molecule has 1 N–H and O–H groups in total. The molecule has 0 saturated carbocycles.